The van der Waals surface area contributed by atoms with Crippen molar-refractivity contribution in [2.24, 2.45) is 0 Å². The summed E-state index contributed by atoms with van der Waals surface area (Å²) in [6.07, 6.45) is 4.24. The predicted octanol–water partition coefficient (Wildman–Crippen LogP) is 2.38. The topological polar surface area (TPSA) is 9.23 Å². The smallest absolute Gasteiger partial charge is 0.0582 e. The van der Waals surface area contributed by atoms with Crippen molar-refractivity contribution in [2.45, 2.75) is 36.2 Å². The third kappa shape index (κ3) is 2.42. The number of hydrogen-bond acceptors (Lipinski definition) is 1. The van der Waals surface area contributed by atoms with E-state index in [1.165, 1.54) is 19.3 Å². The Balaban J connectivity index is 2.23. The van der Waals surface area contributed by atoms with Gasteiger partial charge in [-0.1, -0.05) is 29.5 Å². The van der Waals surface area contributed by atoms with Crippen molar-refractivity contribution >= 4 is 22.6 Å². The van der Waals surface area contributed by atoms with Gasteiger partial charge in [0.15, 0.2) is 0 Å². The highest BCUT2D eigenvalue weighted by Crippen LogP contribution is 2.22. The molecule has 2 heteroatoms. The van der Waals surface area contributed by atoms with Crippen LogP contribution in [0.15, 0.2) is 0 Å². The Labute approximate surface area is 70.3 Å². The number of hydrogen-bond donors (Lipinski definition) is 0. The van der Waals surface area contributed by atoms with Crippen LogP contribution in [0.4, 0.5) is 0 Å². The molecule has 0 spiro atoms. The van der Waals surface area contributed by atoms with Crippen LogP contribution in [0.2, 0.25) is 0 Å². The molecule has 1 saturated heterocycles. The van der Waals surface area contributed by atoms with E-state index in [1.807, 2.05) is 0 Å². The molecule has 1 rings (SSSR count). The van der Waals surface area contributed by atoms with Gasteiger partial charge in [0, 0.05) is 10.5 Å². The van der Waals surface area contributed by atoms with Gasteiger partial charge >= 0.3 is 0 Å². The fourth-order valence-electron chi connectivity index (χ4n) is 1.12. The molecule has 1 unspecified atom stereocenters. The summed E-state index contributed by atoms with van der Waals surface area (Å²) in [5, 5.41) is 0. The van der Waals surface area contributed by atoms with E-state index in [-0.39, 0.29) is 0 Å². The van der Waals surface area contributed by atoms with Crippen molar-refractivity contribution in [3.63, 3.8) is 0 Å². The third-order valence-electron chi connectivity index (χ3n) is 1.76. The molecule has 1 heterocycles. The molecule has 1 nitrogen and oxygen atoms in total. The Kier molecular flexibility index (Phi) is 3.26. The SMILES string of the molecule is CC[C@H]1CC(I)CCO1. The van der Waals surface area contributed by atoms with Crippen molar-refractivity contribution in [3.8, 4) is 0 Å². The maximum absolute atomic E-state index is 5.49. The van der Waals surface area contributed by atoms with E-state index in [0.717, 1.165) is 10.5 Å². The zero-order valence-corrected chi connectivity index (χ0v) is 7.93. The molecule has 1 aliphatic rings. The van der Waals surface area contributed by atoms with Crippen LogP contribution in [-0.2, 0) is 4.74 Å². The van der Waals surface area contributed by atoms with E-state index in [0.29, 0.717) is 6.10 Å². The minimum atomic E-state index is 0.556. The van der Waals surface area contributed by atoms with E-state index in [9.17, 15) is 0 Å². The van der Waals surface area contributed by atoms with E-state index in [4.69, 9.17) is 4.74 Å². The highest BCUT2D eigenvalue weighted by molar-refractivity contribution is 14.1. The van der Waals surface area contributed by atoms with Gasteiger partial charge in [-0.3, -0.25) is 0 Å². The summed E-state index contributed by atoms with van der Waals surface area (Å²) < 4.78 is 6.36. The van der Waals surface area contributed by atoms with Crippen LogP contribution in [0.1, 0.15) is 26.2 Å². The fourth-order valence-corrected chi connectivity index (χ4v) is 1.94. The normalized spacial score (nSPS) is 36.7. The Hall–Kier alpha value is 0.690. The molecule has 54 valence electrons. The minimum absolute atomic E-state index is 0.556. The molecule has 9 heavy (non-hydrogen) atoms. The molecule has 0 aromatic heterocycles. The Bertz CT molecular complexity index is 85.0. The lowest BCUT2D eigenvalue weighted by Crippen LogP contribution is -2.24. The predicted molar refractivity (Wildman–Crippen MR) is 47.1 cm³/mol. The zero-order chi connectivity index (χ0) is 6.69. The van der Waals surface area contributed by atoms with Gasteiger partial charge in [0.1, 0.15) is 0 Å². The summed E-state index contributed by atoms with van der Waals surface area (Å²) in [5.41, 5.74) is 0. The van der Waals surface area contributed by atoms with E-state index in [1.54, 1.807) is 0 Å². The minimum Gasteiger partial charge on any atom is -0.378 e. The van der Waals surface area contributed by atoms with Gasteiger partial charge in [-0.05, 0) is 19.3 Å². The number of alkyl halides is 1. The molecule has 0 aliphatic carbocycles. The molecular formula is C7H13IO. The van der Waals surface area contributed by atoms with Gasteiger partial charge in [-0.15, -0.1) is 0 Å². The van der Waals surface area contributed by atoms with Crippen LogP contribution in [-0.4, -0.2) is 16.6 Å². The van der Waals surface area contributed by atoms with E-state index >= 15 is 0 Å². The molecule has 0 bridgehead atoms. The monoisotopic (exact) mass is 240 g/mol. The summed E-state index contributed by atoms with van der Waals surface area (Å²) in [6.45, 7) is 3.17. The second kappa shape index (κ2) is 3.76. The standard InChI is InChI=1S/C7H13IO/c1-2-7-5-6(8)3-4-9-7/h6-7H,2-5H2,1H3/t6?,7-/m0/s1. The van der Waals surface area contributed by atoms with Crippen molar-refractivity contribution in [2.75, 3.05) is 6.61 Å². The van der Waals surface area contributed by atoms with Crippen molar-refractivity contribution in [1.82, 2.24) is 0 Å². The third-order valence-corrected chi connectivity index (χ3v) is 2.89. The van der Waals surface area contributed by atoms with E-state index < -0.39 is 0 Å². The highest BCUT2D eigenvalue weighted by atomic mass is 127. The first-order valence-corrected chi connectivity index (χ1v) is 4.83. The van der Waals surface area contributed by atoms with Crippen LogP contribution in [0, 0.1) is 0 Å². The molecule has 1 fully saturated rings. The molecule has 0 N–H and O–H groups in total. The molecule has 0 amide bonds. The van der Waals surface area contributed by atoms with Crippen LogP contribution in [0.25, 0.3) is 0 Å². The number of rotatable bonds is 1. The molecule has 0 aromatic carbocycles. The van der Waals surface area contributed by atoms with Crippen LogP contribution < -0.4 is 0 Å². The van der Waals surface area contributed by atoms with Gasteiger partial charge in [0.2, 0.25) is 0 Å². The number of ether oxygens (including phenoxy) is 1. The maximum Gasteiger partial charge on any atom is 0.0582 e. The van der Waals surface area contributed by atoms with Crippen molar-refractivity contribution in [3.05, 3.63) is 0 Å². The highest BCUT2D eigenvalue weighted by Gasteiger charge is 2.17. The second-order valence-corrected chi connectivity index (χ2v) is 4.28. The summed E-state index contributed by atoms with van der Waals surface area (Å²) in [4.78, 5) is 0. The fraction of sp³-hybridized carbons (Fsp3) is 1.00. The molecule has 2 atom stereocenters. The first kappa shape index (κ1) is 7.79. The lowest BCUT2D eigenvalue weighted by atomic mass is 10.1. The summed E-state index contributed by atoms with van der Waals surface area (Å²) in [6, 6.07) is 0. The molecule has 0 aromatic rings. The average Bonchev–Trinajstić information content (AvgIpc) is 1.88. The quantitative estimate of drug-likeness (QED) is 0.505. The van der Waals surface area contributed by atoms with Gasteiger partial charge in [0.25, 0.3) is 0 Å². The van der Waals surface area contributed by atoms with Crippen molar-refractivity contribution in [1.29, 1.82) is 0 Å². The maximum atomic E-state index is 5.49. The molecule has 0 saturated carbocycles. The van der Waals surface area contributed by atoms with Gasteiger partial charge in [-0.2, -0.15) is 0 Å². The first-order chi connectivity index (χ1) is 4.33. The summed E-state index contributed by atoms with van der Waals surface area (Å²) >= 11 is 2.52. The lowest BCUT2D eigenvalue weighted by Gasteiger charge is -2.24. The summed E-state index contributed by atoms with van der Waals surface area (Å²) in [5.74, 6) is 0. The van der Waals surface area contributed by atoms with Crippen molar-refractivity contribution < 1.29 is 4.74 Å². The molecular weight excluding hydrogens is 227 g/mol. The van der Waals surface area contributed by atoms with Gasteiger partial charge in [0.05, 0.1) is 6.10 Å². The van der Waals surface area contributed by atoms with Gasteiger partial charge < -0.3 is 4.74 Å². The Morgan fingerprint density at radius 3 is 2.89 bits per heavy atom. The van der Waals surface area contributed by atoms with E-state index in [2.05, 4.69) is 29.5 Å². The molecule has 0 radical (unpaired) electrons. The second-order valence-electron chi connectivity index (χ2n) is 2.52. The van der Waals surface area contributed by atoms with Gasteiger partial charge in [-0.25, -0.2) is 0 Å². The van der Waals surface area contributed by atoms with Crippen LogP contribution >= 0.6 is 22.6 Å². The summed E-state index contributed by atoms with van der Waals surface area (Å²) in [7, 11) is 0. The molecule has 1 aliphatic heterocycles. The zero-order valence-electron chi connectivity index (χ0n) is 5.77. The average molecular weight is 240 g/mol. The number of halogens is 1. The first-order valence-electron chi connectivity index (χ1n) is 3.58. The lowest BCUT2D eigenvalue weighted by molar-refractivity contribution is 0.0191. The Morgan fingerprint density at radius 2 is 2.44 bits per heavy atom. The van der Waals surface area contributed by atoms with Crippen LogP contribution in [0.3, 0.4) is 0 Å². The van der Waals surface area contributed by atoms with Crippen LogP contribution in [0.5, 0.6) is 0 Å². The largest absolute Gasteiger partial charge is 0.378 e. The Morgan fingerprint density at radius 1 is 1.67 bits per heavy atom.